The Hall–Kier alpha value is -2.56. The number of nitrogens with zero attached hydrogens (tertiary/aromatic N) is 1. The zero-order valence-electron chi connectivity index (χ0n) is 12.8. The van der Waals surface area contributed by atoms with E-state index >= 15 is 0 Å². The van der Waals surface area contributed by atoms with Gasteiger partial charge in [-0.2, -0.15) is 0 Å². The van der Waals surface area contributed by atoms with Crippen LogP contribution in [-0.4, -0.2) is 23.6 Å². The highest BCUT2D eigenvalue weighted by Gasteiger charge is 2.13. The number of carbonyl (C=O) groups is 1. The van der Waals surface area contributed by atoms with Crippen LogP contribution in [0.2, 0.25) is 0 Å². The Morgan fingerprint density at radius 3 is 2.68 bits per heavy atom. The summed E-state index contributed by atoms with van der Waals surface area (Å²) in [5.74, 6) is 0.498. The Kier molecular flexibility index (Phi) is 5.77. The molecule has 5 nitrogen and oxygen atoms in total. The molecule has 1 atom stereocenters. The maximum Gasteiger partial charge on any atom is 0.328 e. The second-order valence-electron chi connectivity index (χ2n) is 4.79. The van der Waals surface area contributed by atoms with Gasteiger partial charge in [0.1, 0.15) is 18.4 Å². The molecule has 0 unspecified atom stereocenters. The second kappa shape index (κ2) is 8.02. The van der Waals surface area contributed by atoms with Crippen LogP contribution in [0.1, 0.15) is 19.4 Å². The van der Waals surface area contributed by atoms with E-state index in [0.29, 0.717) is 13.2 Å². The SMILES string of the molecule is CCOC(=O)[C@H](C)Nc1ccc(OCc2cccnc2)cc1. The molecule has 0 saturated heterocycles. The molecule has 2 rings (SSSR count). The molecule has 0 radical (unpaired) electrons. The molecular formula is C17H20N2O3. The molecule has 1 aromatic carbocycles. The quantitative estimate of drug-likeness (QED) is 0.796. The Bertz CT molecular complexity index is 585. The first-order valence-electron chi connectivity index (χ1n) is 7.24. The number of rotatable bonds is 7. The van der Waals surface area contributed by atoms with E-state index in [0.717, 1.165) is 17.0 Å². The number of pyridine rings is 1. The summed E-state index contributed by atoms with van der Waals surface area (Å²) in [6, 6.07) is 10.9. The van der Waals surface area contributed by atoms with Crippen LogP contribution >= 0.6 is 0 Å². The summed E-state index contributed by atoms with van der Waals surface area (Å²) in [4.78, 5) is 15.6. The number of hydrogen-bond donors (Lipinski definition) is 1. The molecule has 0 aliphatic carbocycles. The molecule has 116 valence electrons. The van der Waals surface area contributed by atoms with Crippen LogP contribution in [-0.2, 0) is 16.1 Å². The van der Waals surface area contributed by atoms with Gasteiger partial charge in [0.2, 0.25) is 0 Å². The number of nitrogens with one attached hydrogen (secondary N) is 1. The highest BCUT2D eigenvalue weighted by molar-refractivity contribution is 5.78. The van der Waals surface area contributed by atoms with Crippen molar-refractivity contribution in [1.29, 1.82) is 0 Å². The van der Waals surface area contributed by atoms with Crippen LogP contribution in [0.25, 0.3) is 0 Å². The van der Waals surface area contributed by atoms with E-state index in [1.54, 1.807) is 26.2 Å². The van der Waals surface area contributed by atoms with E-state index in [4.69, 9.17) is 9.47 Å². The summed E-state index contributed by atoms with van der Waals surface area (Å²) in [7, 11) is 0. The van der Waals surface area contributed by atoms with Gasteiger partial charge in [-0.3, -0.25) is 4.98 Å². The normalized spacial score (nSPS) is 11.5. The molecule has 0 saturated carbocycles. The van der Waals surface area contributed by atoms with Gasteiger partial charge in [-0.1, -0.05) is 6.07 Å². The van der Waals surface area contributed by atoms with Gasteiger partial charge in [0.15, 0.2) is 0 Å². The van der Waals surface area contributed by atoms with Crippen molar-refractivity contribution in [2.24, 2.45) is 0 Å². The maximum absolute atomic E-state index is 11.6. The van der Waals surface area contributed by atoms with Crippen LogP contribution in [0.3, 0.4) is 0 Å². The number of hydrogen-bond acceptors (Lipinski definition) is 5. The first kappa shape index (κ1) is 15.8. The lowest BCUT2D eigenvalue weighted by atomic mass is 10.2. The van der Waals surface area contributed by atoms with Crippen molar-refractivity contribution in [1.82, 2.24) is 4.98 Å². The molecule has 0 fully saturated rings. The minimum Gasteiger partial charge on any atom is -0.489 e. The van der Waals surface area contributed by atoms with Gasteiger partial charge in [0, 0.05) is 23.6 Å². The standard InChI is InChI=1S/C17H20N2O3/c1-3-21-17(20)13(2)19-15-6-8-16(9-7-15)22-12-14-5-4-10-18-11-14/h4-11,13,19H,3,12H2,1-2H3/t13-/m0/s1. The largest absolute Gasteiger partial charge is 0.489 e. The molecule has 1 aromatic heterocycles. The molecule has 0 amide bonds. The summed E-state index contributed by atoms with van der Waals surface area (Å²) < 4.78 is 10.6. The number of aromatic nitrogens is 1. The Morgan fingerprint density at radius 2 is 2.05 bits per heavy atom. The molecule has 5 heteroatoms. The fraction of sp³-hybridized carbons (Fsp3) is 0.294. The number of ether oxygens (including phenoxy) is 2. The van der Waals surface area contributed by atoms with Crippen molar-refractivity contribution in [3.8, 4) is 5.75 Å². The molecule has 0 aliphatic rings. The van der Waals surface area contributed by atoms with Crippen molar-refractivity contribution in [2.45, 2.75) is 26.5 Å². The van der Waals surface area contributed by atoms with Crippen LogP contribution in [0, 0.1) is 0 Å². The first-order chi connectivity index (χ1) is 10.7. The molecule has 22 heavy (non-hydrogen) atoms. The van der Waals surface area contributed by atoms with Crippen molar-refractivity contribution in [3.05, 3.63) is 54.4 Å². The van der Waals surface area contributed by atoms with Crippen LogP contribution in [0.5, 0.6) is 5.75 Å². The van der Waals surface area contributed by atoms with Crippen molar-refractivity contribution in [3.63, 3.8) is 0 Å². The summed E-state index contributed by atoms with van der Waals surface area (Å²) in [6.07, 6.45) is 3.51. The Balaban J connectivity index is 1.86. The molecule has 0 bridgehead atoms. The van der Waals surface area contributed by atoms with Crippen LogP contribution in [0.4, 0.5) is 5.69 Å². The van der Waals surface area contributed by atoms with Gasteiger partial charge in [-0.25, -0.2) is 4.79 Å². The monoisotopic (exact) mass is 300 g/mol. The van der Waals surface area contributed by atoms with E-state index in [9.17, 15) is 4.79 Å². The summed E-state index contributed by atoms with van der Waals surface area (Å²) >= 11 is 0. The molecular weight excluding hydrogens is 280 g/mol. The predicted octanol–water partition coefficient (Wildman–Crippen LogP) is 3.02. The van der Waals surface area contributed by atoms with Crippen LogP contribution in [0.15, 0.2) is 48.8 Å². The van der Waals surface area contributed by atoms with E-state index in [1.807, 2.05) is 36.4 Å². The molecule has 0 spiro atoms. The summed E-state index contributed by atoms with van der Waals surface area (Å²) in [5, 5.41) is 3.09. The summed E-state index contributed by atoms with van der Waals surface area (Å²) in [5.41, 5.74) is 1.86. The first-order valence-corrected chi connectivity index (χ1v) is 7.24. The smallest absolute Gasteiger partial charge is 0.328 e. The van der Waals surface area contributed by atoms with Gasteiger partial charge in [0.25, 0.3) is 0 Å². The van der Waals surface area contributed by atoms with Gasteiger partial charge in [0.05, 0.1) is 6.61 Å². The third-order valence-corrected chi connectivity index (χ3v) is 3.01. The Labute approximate surface area is 130 Å². The lowest BCUT2D eigenvalue weighted by molar-refractivity contribution is -0.143. The van der Waals surface area contributed by atoms with Gasteiger partial charge in [-0.05, 0) is 44.2 Å². The molecule has 1 heterocycles. The fourth-order valence-electron chi connectivity index (χ4n) is 1.87. The summed E-state index contributed by atoms with van der Waals surface area (Å²) in [6.45, 7) is 4.41. The number of anilines is 1. The number of benzene rings is 1. The molecule has 1 N–H and O–H groups in total. The van der Waals surface area contributed by atoms with E-state index < -0.39 is 0 Å². The van der Waals surface area contributed by atoms with Crippen molar-refractivity contribution < 1.29 is 14.3 Å². The van der Waals surface area contributed by atoms with E-state index in [2.05, 4.69) is 10.3 Å². The predicted molar refractivity (Wildman–Crippen MR) is 84.7 cm³/mol. The zero-order chi connectivity index (χ0) is 15.8. The fourth-order valence-corrected chi connectivity index (χ4v) is 1.87. The van der Waals surface area contributed by atoms with Gasteiger partial charge < -0.3 is 14.8 Å². The maximum atomic E-state index is 11.6. The third-order valence-electron chi connectivity index (χ3n) is 3.01. The van der Waals surface area contributed by atoms with E-state index in [1.165, 1.54) is 0 Å². The highest BCUT2D eigenvalue weighted by Crippen LogP contribution is 2.17. The van der Waals surface area contributed by atoms with Gasteiger partial charge >= 0.3 is 5.97 Å². The van der Waals surface area contributed by atoms with Gasteiger partial charge in [-0.15, -0.1) is 0 Å². The van der Waals surface area contributed by atoms with Crippen molar-refractivity contribution in [2.75, 3.05) is 11.9 Å². The number of esters is 1. The van der Waals surface area contributed by atoms with Crippen LogP contribution < -0.4 is 10.1 Å². The minimum absolute atomic E-state index is 0.264. The minimum atomic E-state index is -0.387. The lowest BCUT2D eigenvalue weighted by Gasteiger charge is -2.14. The van der Waals surface area contributed by atoms with E-state index in [-0.39, 0.29) is 12.0 Å². The second-order valence-corrected chi connectivity index (χ2v) is 4.79. The third kappa shape index (κ3) is 4.77. The Morgan fingerprint density at radius 1 is 1.27 bits per heavy atom. The average Bonchev–Trinajstić information content (AvgIpc) is 2.55. The number of carbonyl (C=O) groups excluding carboxylic acids is 1. The lowest BCUT2D eigenvalue weighted by Crippen LogP contribution is -2.28. The highest BCUT2D eigenvalue weighted by atomic mass is 16.5. The topological polar surface area (TPSA) is 60.5 Å². The average molecular weight is 300 g/mol. The molecule has 0 aliphatic heterocycles. The van der Waals surface area contributed by atoms with Crippen molar-refractivity contribution >= 4 is 11.7 Å². The molecule has 2 aromatic rings. The zero-order valence-corrected chi connectivity index (χ0v) is 12.8.